The average molecular weight is 382 g/mol. The van der Waals surface area contributed by atoms with Gasteiger partial charge in [-0.25, -0.2) is 4.98 Å². The van der Waals surface area contributed by atoms with Crippen molar-refractivity contribution in [1.82, 2.24) is 15.2 Å². The highest BCUT2D eigenvalue weighted by molar-refractivity contribution is 7.22. The third kappa shape index (κ3) is 4.50. The molecule has 1 heterocycles. The van der Waals surface area contributed by atoms with Crippen LogP contribution in [0.25, 0.3) is 10.2 Å². The Hall–Kier alpha value is -2.77. The first-order chi connectivity index (χ1) is 13.0. The van der Waals surface area contributed by atoms with E-state index in [1.807, 2.05) is 55.3 Å². The van der Waals surface area contributed by atoms with Crippen LogP contribution in [0, 0.1) is 0 Å². The number of carbonyl (C=O) groups excluding carboxylic acids is 2. The Labute approximate surface area is 162 Å². The molecule has 0 spiro atoms. The number of anilines is 1. The second-order valence-corrected chi connectivity index (χ2v) is 7.37. The van der Waals surface area contributed by atoms with Crippen molar-refractivity contribution in [3.05, 3.63) is 59.7 Å². The summed E-state index contributed by atoms with van der Waals surface area (Å²) in [7, 11) is 3.50. The van der Waals surface area contributed by atoms with Gasteiger partial charge in [0.1, 0.15) is 0 Å². The van der Waals surface area contributed by atoms with E-state index in [1.54, 1.807) is 19.2 Å². The minimum Gasteiger partial charge on any atom is -0.355 e. The van der Waals surface area contributed by atoms with Gasteiger partial charge in [-0.1, -0.05) is 35.6 Å². The van der Waals surface area contributed by atoms with Crippen molar-refractivity contribution in [1.29, 1.82) is 0 Å². The summed E-state index contributed by atoms with van der Waals surface area (Å²) >= 11 is 1.47. The molecule has 2 N–H and O–H groups in total. The Kier molecular flexibility index (Phi) is 5.83. The summed E-state index contributed by atoms with van der Waals surface area (Å²) in [6, 6.07) is 14.9. The van der Waals surface area contributed by atoms with Crippen molar-refractivity contribution in [3.8, 4) is 0 Å². The van der Waals surface area contributed by atoms with Gasteiger partial charge in [0, 0.05) is 19.2 Å². The zero-order valence-corrected chi connectivity index (χ0v) is 16.3. The number of para-hydroxylation sites is 1. The standard InChI is InChI=1S/C20H22N4O2S/c1-13(18(25)23-20-22-16-6-4-5-7-17(16)27-20)24(3)12-14-8-10-15(11-9-14)19(26)21-2/h4-11,13H,12H2,1-3H3,(H,21,26)(H,22,23,25). The number of thiazole rings is 1. The second-order valence-electron chi connectivity index (χ2n) is 6.34. The number of hydrogen-bond acceptors (Lipinski definition) is 5. The fourth-order valence-corrected chi connectivity index (χ4v) is 3.54. The monoisotopic (exact) mass is 382 g/mol. The predicted octanol–water partition coefficient (Wildman–Crippen LogP) is 3.11. The molecule has 27 heavy (non-hydrogen) atoms. The second kappa shape index (κ2) is 8.28. The van der Waals surface area contributed by atoms with Crippen molar-refractivity contribution in [2.24, 2.45) is 0 Å². The average Bonchev–Trinajstić information content (AvgIpc) is 3.09. The molecule has 0 aliphatic rings. The summed E-state index contributed by atoms with van der Waals surface area (Å²) in [5.74, 6) is -0.211. The number of benzene rings is 2. The summed E-state index contributed by atoms with van der Waals surface area (Å²) in [6.07, 6.45) is 0. The van der Waals surface area contributed by atoms with E-state index in [2.05, 4.69) is 15.6 Å². The lowest BCUT2D eigenvalue weighted by Crippen LogP contribution is -2.39. The van der Waals surface area contributed by atoms with Crippen LogP contribution in [0.5, 0.6) is 0 Å². The topological polar surface area (TPSA) is 74.3 Å². The highest BCUT2D eigenvalue weighted by Gasteiger charge is 2.19. The Morgan fingerprint density at radius 2 is 1.85 bits per heavy atom. The van der Waals surface area contributed by atoms with Crippen LogP contribution in [0.1, 0.15) is 22.8 Å². The maximum Gasteiger partial charge on any atom is 0.251 e. The normalized spacial score (nSPS) is 12.1. The molecule has 0 bridgehead atoms. The Balaban J connectivity index is 1.61. The number of rotatable bonds is 6. The number of fused-ring (bicyclic) bond motifs is 1. The van der Waals surface area contributed by atoms with E-state index in [9.17, 15) is 9.59 Å². The van der Waals surface area contributed by atoms with E-state index in [4.69, 9.17) is 0 Å². The number of nitrogens with one attached hydrogen (secondary N) is 2. The van der Waals surface area contributed by atoms with E-state index < -0.39 is 0 Å². The molecule has 0 saturated carbocycles. The van der Waals surface area contributed by atoms with Crippen LogP contribution in [0.2, 0.25) is 0 Å². The smallest absolute Gasteiger partial charge is 0.251 e. The molecule has 0 fully saturated rings. The first-order valence-corrected chi connectivity index (χ1v) is 9.47. The summed E-state index contributed by atoms with van der Waals surface area (Å²) in [5, 5.41) is 6.11. The van der Waals surface area contributed by atoms with Gasteiger partial charge in [-0.05, 0) is 43.8 Å². The highest BCUT2D eigenvalue weighted by atomic mass is 32.1. The van der Waals surface area contributed by atoms with Crippen LogP contribution in [0.4, 0.5) is 5.13 Å². The number of aromatic nitrogens is 1. The molecule has 0 saturated heterocycles. The van der Waals surface area contributed by atoms with E-state index in [0.29, 0.717) is 17.2 Å². The number of likely N-dealkylation sites (N-methyl/N-ethyl adjacent to an activating group) is 1. The molecule has 2 amide bonds. The molecular formula is C20H22N4O2S. The quantitative estimate of drug-likeness (QED) is 0.687. The van der Waals surface area contributed by atoms with Crippen LogP contribution in [0.3, 0.4) is 0 Å². The minimum atomic E-state index is -0.323. The SMILES string of the molecule is CNC(=O)c1ccc(CN(C)C(C)C(=O)Nc2nc3ccccc3s2)cc1. The molecule has 2 aromatic carbocycles. The first-order valence-electron chi connectivity index (χ1n) is 8.65. The first kappa shape index (κ1) is 19.0. The largest absolute Gasteiger partial charge is 0.355 e. The van der Waals surface area contributed by atoms with Crippen molar-refractivity contribution >= 4 is 38.5 Å². The third-order valence-electron chi connectivity index (χ3n) is 4.44. The molecule has 1 aromatic heterocycles. The van der Waals surface area contributed by atoms with Crippen molar-refractivity contribution in [3.63, 3.8) is 0 Å². The molecule has 3 rings (SSSR count). The van der Waals surface area contributed by atoms with Gasteiger partial charge in [-0.3, -0.25) is 14.5 Å². The molecule has 6 nitrogen and oxygen atoms in total. The van der Waals surface area contributed by atoms with Gasteiger partial charge < -0.3 is 10.6 Å². The van der Waals surface area contributed by atoms with E-state index >= 15 is 0 Å². The molecular weight excluding hydrogens is 360 g/mol. The van der Waals surface area contributed by atoms with E-state index in [1.165, 1.54) is 11.3 Å². The highest BCUT2D eigenvalue weighted by Crippen LogP contribution is 2.25. The summed E-state index contributed by atoms with van der Waals surface area (Å²) < 4.78 is 1.05. The van der Waals surface area contributed by atoms with Crippen molar-refractivity contribution < 1.29 is 9.59 Å². The van der Waals surface area contributed by atoms with E-state index in [-0.39, 0.29) is 17.9 Å². The fourth-order valence-electron chi connectivity index (χ4n) is 2.67. The lowest BCUT2D eigenvalue weighted by Gasteiger charge is -2.23. The van der Waals surface area contributed by atoms with Gasteiger partial charge in [0.05, 0.1) is 16.3 Å². The number of amides is 2. The molecule has 0 radical (unpaired) electrons. The molecule has 0 aliphatic heterocycles. The molecule has 3 aromatic rings. The van der Waals surface area contributed by atoms with Gasteiger partial charge in [-0.15, -0.1) is 0 Å². The van der Waals surface area contributed by atoms with Gasteiger partial charge >= 0.3 is 0 Å². The lowest BCUT2D eigenvalue weighted by molar-refractivity contribution is -0.120. The van der Waals surface area contributed by atoms with Crippen molar-refractivity contribution in [2.75, 3.05) is 19.4 Å². The molecule has 1 unspecified atom stereocenters. The van der Waals surface area contributed by atoms with Crippen LogP contribution >= 0.6 is 11.3 Å². The summed E-state index contributed by atoms with van der Waals surface area (Å²) in [6.45, 7) is 2.46. The van der Waals surface area contributed by atoms with Crippen LogP contribution in [-0.4, -0.2) is 41.8 Å². The molecule has 7 heteroatoms. The number of nitrogens with zero attached hydrogens (tertiary/aromatic N) is 2. The van der Waals surface area contributed by atoms with Crippen molar-refractivity contribution in [2.45, 2.75) is 19.5 Å². The summed E-state index contributed by atoms with van der Waals surface area (Å²) in [5.41, 5.74) is 2.53. The van der Waals surface area contributed by atoms with Crippen LogP contribution < -0.4 is 10.6 Å². The zero-order valence-electron chi connectivity index (χ0n) is 15.5. The molecule has 1 atom stereocenters. The molecule has 0 aliphatic carbocycles. The third-order valence-corrected chi connectivity index (χ3v) is 5.39. The van der Waals surface area contributed by atoms with Crippen LogP contribution in [0.15, 0.2) is 48.5 Å². The zero-order chi connectivity index (χ0) is 19.4. The Bertz CT molecular complexity index is 919. The number of carbonyl (C=O) groups is 2. The fraction of sp³-hybridized carbons (Fsp3) is 0.250. The van der Waals surface area contributed by atoms with Gasteiger partial charge in [0.15, 0.2) is 5.13 Å². The van der Waals surface area contributed by atoms with Gasteiger partial charge in [0.25, 0.3) is 5.91 Å². The predicted molar refractivity (Wildman–Crippen MR) is 109 cm³/mol. The van der Waals surface area contributed by atoms with Gasteiger partial charge in [0.2, 0.25) is 5.91 Å². The Morgan fingerprint density at radius 1 is 1.15 bits per heavy atom. The lowest BCUT2D eigenvalue weighted by atomic mass is 10.1. The minimum absolute atomic E-state index is 0.0986. The molecule has 140 valence electrons. The summed E-state index contributed by atoms with van der Waals surface area (Å²) in [4.78, 5) is 30.6. The van der Waals surface area contributed by atoms with Crippen LogP contribution in [-0.2, 0) is 11.3 Å². The van der Waals surface area contributed by atoms with Gasteiger partial charge in [-0.2, -0.15) is 0 Å². The Morgan fingerprint density at radius 3 is 2.52 bits per heavy atom. The maximum atomic E-state index is 12.6. The number of hydrogen-bond donors (Lipinski definition) is 2. The van der Waals surface area contributed by atoms with E-state index in [0.717, 1.165) is 15.8 Å². The maximum absolute atomic E-state index is 12.6.